The molecule has 0 heterocycles. The summed E-state index contributed by atoms with van der Waals surface area (Å²) in [5, 5.41) is 0. The summed E-state index contributed by atoms with van der Waals surface area (Å²) in [7, 11) is 1.43. The Morgan fingerprint density at radius 1 is 1.03 bits per heavy atom. The molecule has 1 aromatic carbocycles. The molecule has 4 aliphatic rings. The van der Waals surface area contributed by atoms with Crippen LogP contribution in [-0.4, -0.2) is 19.5 Å². The predicted octanol–water partition coefficient (Wildman–Crippen LogP) is 7.29. The Hall–Kier alpha value is -1.91. The average Bonchev–Trinajstić information content (AvgIpc) is 3.04. The molecule has 5 rings (SSSR count). The highest BCUT2D eigenvalue weighted by atomic mass is 19.3. The number of Topliss-reactive ketones (excluding diaryl/α,β-unsaturated/α-hetero) is 1. The molecule has 0 N–H and O–H groups in total. The Bertz CT molecular complexity index is 956. The number of ketones is 1. The number of methoxy groups -OCH3 is 1. The van der Waals surface area contributed by atoms with E-state index in [9.17, 15) is 13.6 Å². The Kier molecular flexibility index (Phi) is 5.81. The lowest BCUT2D eigenvalue weighted by Gasteiger charge is -2.59. The van der Waals surface area contributed by atoms with E-state index in [1.807, 2.05) is 6.08 Å². The van der Waals surface area contributed by atoms with Crippen LogP contribution in [0.15, 0.2) is 23.8 Å². The molecule has 0 bridgehead atoms. The zero-order chi connectivity index (χ0) is 23.4. The molecule has 3 nitrogen and oxygen atoms in total. The monoisotopic (exact) mass is 458 g/mol. The summed E-state index contributed by atoms with van der Waals surface area (Å²) in [4.78, 5) is 13.6. The third-order valence-electron chi connectivity index (χ3n) is 9.97. The Morgan fingerprint density at radius 2 is 1.85 bits per heavy atom. The molecule has 4 fully saturated rings. The molecule has 0 spiro atoms. The van der Waals surface area contributed by atoms with Crippen molar-refractivity contribution >= 4 is 11.9 Å². The minimum Gasteiger partial charge on any atom is -0.493 e. The van der Waals surface area contributed by atoms with E-state index in [1.165, 1.54) is 58.1 Å². The fourth-order valence-electron chi connectivity index (χ4n) is 8.26. The van der Waals surface area contributed by atoms with E-state index < -0.39 is 6.61 Å². The molecule has 4 saturated carbocycles. The maximum absolute atomic E-state index is 13.6. The summed E-state index contributed by atoms with van der Waals surface area (Å²) in [5.74, 6) is 3.20. The van der Waals surface area contributed by atoms with Crippen LogP contribution >= 0.6 is 0 Å². The van der Waals surface area contributed by atoms with E-state index in [0.717, 1.165) is 35.8 Å². The number of alkyl halides is 2. The molecular weight excluding hydrogens is 422 g/mol. The van der Waals surface area contributed by atoms with Crippen LogP contribution in [0.1, 0.15) is 77.2 Å². The summed E-state index contributed by atoms with van der Waals surface area (Å²) >= 11 is 0. The normalized spacial score (nSPS) is 39.2. The summed E-state index contributed by atoms with van der Waals surface area (Å²) in [6, 6.07) is 4.90. The highest BCUT2D eigenvalue weighted by Crippen LogP contribution is 2.66. The topological polar surface area (TPSA) is 35.5 Å². The van der Waals surface area contributed by atoms with E-state index >= 15 is 0 Å². The molecule has 0 radical (unpaired) electrons. The van der Waals surface area contributed by atoms with Gasteiger partial charge in [-0.25, -0.2) is 0 Å². The first-order chi connectivity index (χ1) is 15.8. The number of carbonyl (C=O) groups excluding carboxylic acids is 1. The lowest BCUT2D eigenvalue weighted by atomic mass is 9.45. The second-order valence-electron chi connectivity index (χ2n) is 11.4. The molecule has 5 heteroatoms. The standard InChI is InChI=1S/C28H36F2O3/c1-27-12-5-4-6-19(27)8-9-20-21(27)11-13-28(2)22(20)16-18(25(28)31)14-17-7-10-23(33-26(29)30)24(15-17)32-3/h7,10,14-15,19-22,26H,4-6,8-9,11-13,16H2,1-3H3/b18-14-/t19-,20+,21-,22-,27+,28-/m1/s1. The molecule has 0 unspecified atom stereocenters. The van der Waals surface area contributed by atoms with Crippen molar-refractivity contribution in [3.63, 3.8) is 0 Å². The first-order valence-corrected chi connectivity index (χ1v) is 12.6. The molecule has 180 valence electrons. The quantitative estimate of drug-likeness (QED) is 0.444. The highest BCUT2D eigenvalue weighted by Gasteiger charge is 2.60. The summed E-state index contributed by atoms with van der Waals surface area (Å²) in [5.41, 5.74) is 1.85. The van der Waals surface area contributed by atoms with Gasteiger partial charge in [0.1, 0.15) is 0 Å². The number of hydrogen-bond acceptors (Lipinski definition) is 3. The first kappa shape index (κ1) is 22.9. The fourth-order valence-corrected chi connectivity index (χ4v) is 8.26. The zero-order valence-corrected chi connectivity index (χ0v) is 20.0. The molecule has 33 heavy (non-hydrogen) atoms. The van der Waals surface area contributed by atoms with Gasteiger partial charge in [-0.3, -0.25) is 4.79 Å². The highest BCUT2D eigenvalue weighted by molar-refractivity contribution is 6.06. The van der Waals surface area contributed by atoms with Crippen LogP contribution in [0.3, 0.4) is 0 Å². The third-order valence-corrected chi connectivity index (χ3v) is 9.97. The van der Waals surface area contributed by atoms with E-state index in [4.69, 9.17) is 4.74 Å². The van der Waals surface area contributed by atoms with Gasteiger partial charge in [0.25, 0.3) is 0 Å². The van der Waals surface area contributed by atoms with Crippen molar-refractivity contribution in [1.82, 2.24) is 0 Å². The van der Waals surface area contributed by atoms with Gasteiger partial charge in [0.05, 0.1) is 7.11 Å². The third kappa shape index (κ3) is 3.70. The van der Waals surface area contributed by atoms with Crippen molar-refractivity contribution in [1.29, 1.82) is 0 Å². The molecule has 1 aromatic rings. The maximum Gasteiger partial charge on any atom is 0.387 e. The van der Waals surface area contributed by atoms with Gasteiger partial charge < -0.3 is 9.47 Å². The predicted molar refractivity (Wildman–Crippen MR) is 124 cm³/mol. The van der Waals surface area contributed by atoms with Crippen molar-refractivity contribution in [3.05, 3.63) is 29.3 Å². The van der Waals surface area contributed by atoms with Crippen LogP contribution in [0, 0.1) is 34.5 Å². The SMILES string of the molecule is COc1cc(/C=C2/C[C@@H]3[C@H]4CC[C@H]5CCCC[C@]5(C)[C@@H]4CC[C@@]3(C)C2=O)ccc1OC(F)F. The van der Waals surface area contributed by atoms with Gasteiger partial charge in [0.2, 0.25) is 0 Å². The van der Waals surface area contributed by atoms with Crippen molar-refractivity contribution in [2.45, 2.75) is 78.2 Å². The van der Waals surface area contributed by atoms with E-state index in [1.54, 1.807) is 12.1 Å². The largest absolute Gasteiger partial charge is 0.493 e. The molecule has 0 aliphatic heterocycles. The van der Waals surface area contributed by atoms with Gasteiger partial charge in [-0.05, 0) is 103 Å². The average molecular weight is 459 g/mol. The van der Waals surface area contributed by atoms with Crippen LogP contribution in [-0.2, 0) is 4.79 Å². The fraction of sp³-hybridized carbons (Fsp3) is 0.679. The van der Waals surface area contributed by atoms with Crippen LogP contribution in [0.25, 0.3) is 6.08 Å². The van der Waals surface area contributed by atoms with Gasteiger partial charge in [0, 0.05) is 5.41 Å². The zero-order valence-electron chi connectivity index (χ0n) is 20.0. The maximum atomic E-state index is 13.6. The van der Waals surface area contributed by atoms with Crippen molar-refractivity contribution in [2.75, 3.05) is 7.11 Å². The number of hydrogen-bond donors (Lipinski definition) is 0. The molecule has 4 aliphatic carbocycles. The molecule has 0 aromatic heterocycles. The van der Waals surface area contributed by atoms with Crippen molar-refractivity contribution in [3.8, 4) is 11.5 Å². The number of fused-ring (bicyclic) bond motifs is 5. The minimum atomic E-state index is -2.91. The lowest BCUT2D eigenvalue weighted by molar-refractivity contribution is -0.137. The number of halogens is 2. The van der Waals surface area contributed by atoms with E-state index in [-0.39, 0.29) is 22.7 Å². The number of carbonyl (C=O) groups is 1. The molecule has 6 atom stereocenters. The molecular formula is C28H36F2O3. The second-order valence-corrected chi connectivity index (χ2v) is 11.4. The molecule has 0 saturated heterocycles. The van der Waals surface area contributed by atoms with Gasteiger partial charge in [-0.2, -0.15) is 8.78 Å². The number of rotatable bonds is 4. The summed E-state index contributed by atoms with van der Waals surface area (Å²) in [6.45, 7) is 1.85. The Balaban J connectivity index is 1.42. The smallest absolute Gasteiger partial charge is 0.387 e. The second kappa shape index (κ2) is 8.39. The van der Waals surface area contributed by atoms with Crippen LogP contribution in [0.2, 0.25) is 0 Å². The Labute approximate surface area is 195 Å². The van der Waals surface area contributed by atoms with Gasteiger partial charge >= 0.3 is 6.61 Å². The van der Waals surface area contributed by atoms with Gasteiger partial charge in [-0.1, -0.05) is 32.8 Å². The minimum absolute atomic E-state index is 0.00774. The van der Waals surface area contributed by atoms with Crippen LogP contribution in [0.5, 0.6) is 11.5 Å². The van der Waals surface area contributed by atoms with Gasteiger partial charge in [0.15, 0.2) is 17.3 Å². The van der Waals surface area contributed by atoms with Crippen LogP contribution in [0.4, 0.5) is 8.78 Å². The Morgan fingerprint density at radius 3 is 2.61 bits per heavy atom. The lowest BCUT2D eigenvalue weighted by Crippen LogP contribution is -2.52. The molecule has 0 amide bonds. The first-order valence-electron chi connectivity index (χ1n) is 12.6. The van der Waals surface area contributed by atoms with Crippen molar-refractivity contribution < 1.29 is 23.0 Å². The summed E-state index contributed by atoms with van der Waals surface area (Å²) < 4.78 is 35.1. The number of ether oxygens (including phenoxy) is 2. The van der Waals surface area contributed by atoms with Gasteiger partial charge in [-0.15, -0.1) is 0 Å². The summed E-state index contributed by atoms with van der Waals surface area (Å²) in [6.07, 6.45) is 13.0. The number of benzene rings is 1. The van der Waals surface area contributed by atoms with Crippen molar-refractivity contribution in [2.24, 2.45) is 34.5 Å². The van der Waals surface area contributed by atoms with Crippen LogP contribution < -0.4 is 9.47 Å². The number of allylic oxidation sites excluding steroid dienone is 1. The van der Waals surface area contributed by atoms with E-state index in [0.29, 0.717) is 17.3 Å². The van der Waals surface area contributed by atoms with E-state index in [2.05, 4.69) is 18.6 Å².